The van der Waals surface area contributed by atoms with Gasteiger partial charge in [-0.1, -0.05) is 17.7 Å². The molecule has 0 aromatic heterocycles. The highest BCUT2D eigenvalue weighted by atomic mass is 32.2. The normalized spacial score (nSPS) is 16.6. The second-order valence-electron chi connectivity index (χ2n) is 7.34. The lowest BCUT2D eigenvalue weighted by molar-refractivity contribution is -0.142. The Morgan fingerprint density at radius 1 is 1.23 bits per heavy atom. The Bertz CT molecular complexity index is 873. The van der Waals surface area contributed by atoms with Crippen LogP contribution in [-0.2, 0) is 19.6 Å². The van der Waals surface area contributed by atoms with Crippen LogP contribution in [0.5, 0.6) is 0 Å². The van der Waals surface area contributed by atoms with E-state index in [0.717, 1.165) is 5.56 Å². The number of carbonyl (C=O) groups excluding carboxylic acids is 1. The number of carboxylic acid groups (broad SMARTS) is 1. The van der Waals surface area contributed by atoms with Crippen LogP contribution in [0.25, 0.3) is 0 Å². The van der Waals surface area contributed by atoms with E-state index in [1.54, 1.807) is 24.3 Å². The van der Waals surface area contributed by atoms with Crippen molar-refractivity contribution >= 4 is 27.9 Å². The summed E-state index contributed by atoms with van der Waals surface area (Å²) in [5.74, 6) is -2.02. The number of hydrogen-bond acceptors (Lipinski definition) is 5. The van der Waals surface area contributed by atoms with Crippen molar-refractivity contribution in [3.63, 3.8) is 0 Å². The lowest BCUT2D eigenvalue weighted by atomic mass is 9.96. The summed E-state index contributed by atoms with van der Waals surface area (Å²) in [6.07, 6.45) is 1.26. The van der Waals surface area contributed by atoms with E-state index < -0.39 is 28.0 Å². The topological polar surface area (TPSA) is 168 Å². The third-order valence-corrected chi connectivity index (χ3v) is 6.96. The largest absolute Gasteiger partial charge is 0.480 e. The first kappa shape index (κ1) is 23.6. The van der Waals surface area contributed by atoms with Crippen LogP contribution in [0.4, 0.5) is 0 Å². The van der Waals surface area contributed by atoms with E-state index in [4.69, 9.17) is 11.5 Å². The molecule has 11 heteroatoms. The van der Waals surface area contributed by atoms with Crippen LogP contribution in [0, 0.1) is 12.8 Å². The maximum Gasteiger partial charge on any atom is 0.326 e. The second-order valence-corrected chi connectivity index (χ2v) is 9.28. The number of amides is 1. The molecule has 166 valence electrons. The van der Waals surface area contributed by atoms with Crippen molar-refractivity contribution < 1.29 is 23.1 Å². The molecule has 1 aliphatic rings. The molecule has 1 heterocycles. The summed E-state index contributed by atoms with van der Waals surface area (Å²) in [6, 6.07) is 5.59. The van der Waals surface area contributed by atoms with Gasteiger partial charge in [-0.25, -0.2) is 13.2 Å². The van der Waals surface area contributed by atoms with E-state index in [1.807, 2.05) is 6.92 Å². The van der Waals surface area contributed by atoms with Crippen LogP contribution in [0.15, 0.2) is 34.2 Å². The van der Waals surface area contributed by atoms with Crippen LogP contribution in [0.1, 0.15) is 31.2 Å². The third kappa shape index (κ3) is 6.42. The van der Waals surface area contributed by atoms with Gasteiger partial charge in [-0.2, -0.15) is 4.31 Å². The monoisotopic (exact) mass is 439 g/mol. The smallest absolute Gasteiger partial charge is 0.326 e. The molecule has 1 atom stereocenters. The molecule has 0 spiro atoms. The number of aryl methyl sites for hydroxylation is 1. The van der Waals surface area contributed by atoms with E-state index in [9.17, 15) is 23.1 Å². The number of rotatable bonds is 9. The van der Waals surface area contributed by atoms with Gasteiger partial charge >= 0.3 is 5.97 Å². The fraction of sp³-hybridized carbons (Fsp3) is 0.526. The number of benzene rings is 1. The van der Waals surface area contributed by atoms with Crippen LogP contribution in [0.3, 0.4) is 0 Å². The minimum Gasteiger partial charge on any atom is -0.480 e. The highest BCUT2D eigenvalue weighted by Crippen LogP contribution is 2.24. The number of aliphatic carboxylic acids is 1. The van der Waals surface area contributed by atoms with Crippen molar-refractivity contribution in [2.45, 2.75) is 43.5 Å². The summed E-state index contributed by atoms with van der Waals surface area (Å²) in [6.45, 7) is 2.57. The SMILES string of the molecule is Cc1ccc(S(=O)(=O)N2CCC(C(=O)NC(CCCN=C(N)N)C(=O)O)CC2)cc1. The van der Waals surface area contributed by atoms with Gasteiger partial charge in [0.05, 0.1) is 4.90 Å². The average molecular weight is 440 g/mol. The molecule has 1 amide bonds. The Balaban J connectivity index is 1.90. The summed E-state index contributed by atoms with van der Waals surface area (Å²) in [5, 5.41) is 11.9. The van der Waals surface area contributed by atoms with Gasteiger partial charge in [0.2, 0.25) is 15.9 Å². The number of guanidine groups is 1. The van der Waals surface area contributed by atoms with E-state index in [0.29, 0.717) is 19.3 Å². The number of carboxylic acids is 1. The first-order valence-electron chi connectivity index (χ1n) is 9.76. The average Bonchev–Trinajstić information content (AvgIpc) is 2.70. The summed E-state index contributed by atoms with van der Waals surface area (Å²) < 4.78 is 26.9. The highest BCUT2D eigenvalue weighted by molar-refractivity contribution is 7.89. The van der Waals surface area contributed by atoms with Gasteiger partial charge in [0.1, 0.15) is 6.04 Å². The molecular weight excluding hydrogens is 410 g/mol. The third-order valence-electron chi connectivity index (χ3n) is 5.04. The number of nitrogens with two attached hydrogens (primary N) is 2. The molecule has 2 rings (SSSR count). The molecule has 1 saturated heterocycles. The number of nitrogens with one attached hydrogen (secondary N) is 1. The number of sulfonamides is 1. The van der Waals surface area contributed by atoms with Gasteiger partial charge in [0.25, 0.3) is 0 Å². The fourth-order valence-electron chi connectivity index (χ4n) is 3.27. The molecule has 1 fully saturated rings. The zero-order valence-electron chi connectivity index (χ0n) is 17.0. The number of aliphatic imine (C=N–C) groups is 1. The predicted octanol–water partition coefficient (Wildman–Crippen LogP) is 0.0187. The first-order chi connectivity index (χ1) is 14.1. The number of hydrogen-bond donors (Lipinski definition) is 4. The number of piperidine rings is 1. The Hall–Kier alpha value is -2.66. The fourth-order valence-corrected chi connectivity index (χ4v) is 4.74. The molecule has 6 N–H and O–H groups in total. The lowest BCUT2D eigenvalue weighted by Crippen LogP contribution is -2.47. The van der Waals surface area contributed by atoms with Crippen LogP contribution < -0.4 is 16.8 Å². The van der Waals surface area contributed by atoms with Crippen molar-refractivity contribution in [3.8, 4) is 0 Å². The number of carbonyl (C=O) groups is 2. The van der Waals surface area contributed by atoms with E-state index >= 15 is 0 Å². The van der Waals surface area contributed by atoms with E-state index in [1.165, 1.54) is 4.31 Å². The zero-order valence-corrected chi connectivity index (χ0v) is 17.8. The van der Waals surface area contributed by atoms with Gasteiger partial charge in [-0.15, -0.1) is 0 Å². The van der Waals surface area contributed by atoms with Crippen molar-refractivity contribution in [2.24, 2.45) is 22.4 Å². The predicted molar refractivity (Wildman–Crippen MR) is 112 cm³/mol. The van der Waals surface area contributed by atoms with Crippen molar-refractivity contribution in [3.05, 3.63) is 29.8 Å². The Kier molecular flexibility index (Phi) is 8.18. The Morgan fingerprint density at radius 2 is 1.83 bits per heavy atom. The van der Waals surface area contributed by atoms with Crippen molar-refractivity contribution in [1.82, 2.24) is 9.62 Å². The molecule has 0 radical (unpaired) electrons. The zero-order chi connectivity index (χ0) is 22.3. The minimum absolute atomic E-state index is 0.0711. The Morgan fingerprint density at radius 3 is 2.37 bits per heavy atom. The molecule has 1 unspecified atom stereocenters. The van der Waals surface area contributed by atoms with E-state index in [2.05, 4.69) is 10.3 Å². The second kappa shape index (κ2) is 10.4. The standard InChI is InChI=1S/C19H29N5O5S/c1-13-4-6-15(7-5-13)30(28,29)24-11-8-14(9-12-24)17(25)23-16(18(26)27)3-2-10-22-19(20)21/h4-7,14,16H,2-3,8-12H2,1H3,(H,23,25)(H,26,27)(H4,20,21,22). The molecule has 10 nitrogen and oxygen atoms in total. The Labute approximate surface area is 176 Å². The molecule has 1 aliphatic heterocycles. The first-order valence-corrected chi connectivity index (χ1v) is 11.2. The van der Waals surface area contributed by atoms with Crippen molar-refractivity contribution in [2.75, 3.05) is 19.6 Å². The molecule has 0 bridgehead atoms. The van der Waals surface area contributed by atoms with Gasteiger partial charge in [0, 0.05) is 25.6 Å². The molecule has 30 heavy (non-hydrogen) atoms. The van der Waals surface area contributed by atoms with Gasteiger partial charge < -0.3 is 21.9 Å². The summed E-state index contributed by atoms with van der Waals surface area (Å²) >= 11 is 0. The molecule has 0 saturated carbocycles. The molecule has 1 aromatic carbocycles. The maximum absolute atomic E-state index is 12.8. The van der Waals surface area contributed by atoms with E-state index in [-0.39, 0.29) is 42.8 Å². The quantitative estimate of drug-likeness (QED) is 0.239. The van der Waals surface area contributed by atoms with Crippen LogP contribution in [-0.4, -0.2) is 61.3 Å². The summed E-state index contributed by atoms with van der Waals surface area (Å²) in [5.41, 5.74) is 11.4. The van der Waals surface area contributed by atoms with Gasteiger partial charge in [-0.05, 0) is 44.7 Å². The molecular formula is C19H29N5O5S. The van der Waals surface area contributed by atoms with Gasteiger partial charge in [-0.3, -0.25) is 9.79 Å². The van der Waals surface area contributed by atoms with Gasteiger partial charge in [0.15, 0.2) is 5.96 Å². The van der Waals surface area contributed by atoms with Crippen LogP contribution >= 0.6 is 0 Å². The maximum atomic E-state index is 12.8. The molecule has 0 aliphatic carbocycles. The lowest BCUT2D eigenvalue weighted by Gasteiger charge is -2.31. The van der Waals surface area contributed by atoms with Crippen molar-refractivity contribution in [1.29, 1.82) is 0 Å². The molecule has 1 aromatic rings. The van der Waals surface area contributed by atoms with Crippen LogP contribution in [0.2, 0.25) is 0 Å². The minimum atomic E-state index is -3.61. The summed E-state index contributed by atoms with van der Waals surface area (Å²) in [4.78, 5) is 27.9. The number of nitrogens with zero attached hydrogens (tertiary/aromatic N) is 2. The summed E-state index contributed by atoms with van der Waals surface area (Å²) in [7, 11) is -3.61. The highest BCUT2D eigenvalue weighted by Gasteiger charge is 2.33.